The zero-order valence-corrected chi connectivity index (χ0v) is 16.1. The molecular weight excluding hydrogens is 348 g/mol. The Balaban J connectivity index is 1.96. The number of carbonyl (C=O) groups is 1. The van der Waals surface area contributed by atoms with Crippen LogP contribution in [0.25, 0.3) is 0 Å². The Hall–Kier alpha value is -2.60. The summed E-state index contributed by atoms with van der Waals surface area (Å²) in [6.07, 6.45) is 0.931. The highest BCUT2D eigenvalue weighted by molar-refractivity contribution is 7.80. The van der Waals surface area contributed by atoms with Gasteiger partial charge in [-0.05, 0) is 68.9 Å². The average molecular weight is 372 g/mol. The van der Waals surface area contributed by atoms with Gasteiger partial charge in [0.1, 0.15) is 11.5 Å². The number of amides is 1. The van der Waals surface area contributed by atoms with Crippen molar-refractivity contribution in [2.45, 2.75) is 33.3 Å². The van der Waals surface area contributed by atoms with Crippen molar-refractivity contribution in [2.24, 2.45) is 0 Å². The number of ether oxygens (including phenoxy) is 2. The van der Waals surface area contributed by atoms with E-state index in [0.29, 0.717) is 17.9 Å². The highest BCUT2D eigenvalue weighted by Crippen LogP contribution is 2.19. The third-order valence-electron chi connectivity index (χ3n) is 3.31. The summed E-state index contributed by atoms with van der Waals surface area (Å²) in [4.78, 5) is 12.5. The molecule has 6 heteroatoms. The number of anilines is 1. The highest BCUT2D eigenvalue weighted by atomic mass is 32.1. The second kappa shape index (κ2) is 9.77. The number of nitrogens with one attached hydrogen (secondary N) is 2. The maximum Gasteiger partial charge on any atom is 0.261 e. The normalized spacial score (nSPS) is 10.3. The summed E-state index contributed by atoms with van der Waals surface area (Å²) in [6.45, 7) is 6.56. The molecule has 0 fully saturated rings. The molecule has 26 heavy (non-hydrogen) atoms. The fraction of sp³-hybridized carbons (Fsp3) is 0.300. The Morgan fingerprint density at radius 1 is 1.12 bits per heavy atom. The Bertz CT molecular complexity index is 745. The molecule has 0 bridgehead atoms. The number of carbonyl (C=O) groups excluding carboxylic acids is 1. The number of rotatable bonds is 7. The second-order valence-corrected chi connectivity index (χ2v) is 6.35. The lowest BCUT2D eigenvalue weighted by Gasteiger charge is -2.15. The van der Waals surface area contributed by atoms with Gasteiger partial charge in [-0.25, -0.2) is 0 Å². The van der Waals surface area contributed by atoms with Gasteiger partial charge in [0.05, 0.1) is 18.3 Å². The molecule has 0 aliphatic carbocycles. The minimum atomic E-state index is -0.318. The summed E-state index contributed by atoms with van der Waals surface area (Å²) in [7, 11) is 0. The topological polar surface area (TPSA) is 59.6 Å². The van der Waals surface area contributed by atoms with Crippen LogP contribution in [0.1, 0.15) is 37.6 Å². The van der Waals surface area contributed by atoms with Crippen LogP contribution in [0.4, 0.5) is 5.69 Å². The summed E-state index contributed by atoms with van der Waals surface area (Å²) in [5.74, 6) is 1.01. The van der Waals surface area contributed by atoms with Gasteiger partial charge in [-0.2, -0.15) is 0 Å². The van der Waals surface area contributed by atoms with Crippen molar-refractivity contribution in [3.8, 4) is 11.5 Å². The van der Waals surface area contributed by atoms with E-state index in [9.17, 15) is 4.79 Å². The van der Waals surface area contributed by atoms with E-state index < -0.39 is 0 Å². The van der Waals surface area contributed by atoms with E-state index in [-0.39, 0.29) is 17.1 Å². The van der Waals surface area contributed by atoms with Crippen molar-refractivity contribution in [2.75, 3.05) is 11.9 Å². The van der Waals surface area contributed by atoms with E-state index in [0.717, 1.165) is 17.9 Å². The lowest BCUT2D eigenvalue weighted by Crippen LogP contribution is -2.34. The molecule has 2 aromatic rings. The molecule has 0 aromatic heterocycles. The number of thiocarbonyl (C=S) groups is 1. The van der Waals surface area contributed by atoms with Crippen molar-refractivity contribution < 1.29 is 14.3 Å². The van der Waals surface area contributed by atoms with Gasteiger partial charge >= 0.3 is 0 Å². The molecule has 0 atom stereocenters. The third kappa shape index (κ3) is 6.04. The van der Waals surface area contributed by atoms with Crippen LogP contribution >= 0.6 is 12.2 Å². The molecule has 5 nitrogen and oxygen atoms in total. The van der Waals surface area contributed by atoms with E-state index in [1.165, 1.54) is 0 Å². The van der Waals surface area contributed by atoms with Gasteiger partial charge in [0, 0.05) is 5.69 Å². The maximum atomic E-state index is 12.5. The van der Waals surface area contributed by atoms with E-state index in [4.69, 9.17) is 21.7 Å². The van der Waals surface area contributed by atoms with E-state index in [1.54, 1.807) is 18.2 Å². The predicted octanol–water partition coefficient (Wildman–Crippen LogP) is 4.39. The molecule has 0 saturated carbocycles. The first-order valence-corrected chi connectivity index (χ1v) is 9.01. The van der Waals surface area contributed by atoms with Crippen LogP contribution in [-0.4, -0.2) is 23.7 Å². The maximum absolute atomic E-state index is 12.5. The van der Waals surface area contributed by atoms with E-state index in [2.05, 4.69) is 17.6 Å². The first kappa shape index (κ1) is 19.7. The van der Waals surface area contributed by atoms with Crippen LogP contribution in [0.15, 0.2) is 48.5 Å². The number of hydrogen-bond donors (Lipinski definition) is 2. The Kier molecular flexibility index (Phi) is 7.41. The Morgan fingerprint density at radius 2 is 1.81 bits per heavy atom. The van der Waals surface area contributed by atoms with Crippen molar-refractivity contribution in [1.29, 1.82) is 0 Å². The fourth-order valence-corrected chi connectivity index (χ4v) is 2.41. The number of para-hydroxylation sites is 1. The van der Waals surface area contributed by atoms with Gasteiger partial charge in [0.25, 0.3) is 5.91 Å². The van der Waals surface area contributed by atoms with Gasteiger partial charge in [-0.3, -0.25) is 10.1 Å². The molecule has 0 saturated heterocycles. The largest absolute Gasteiger partial charge is 0.494 e. The standard InChI is InChI=1S/C20H24N2O3S/c1-4-13-24-16-11-9-15(10-12-16)21-20(26)22-19(23)17-7-5-6-8-18(17)25-14(2)3/h5-12,14H,4,13H2,1-3H3,(H2,21,22,23,26). The molecular formula is C20H24N2O3S. The fourth-order valence-electron chi connectivity index (χ4n) is 2.20. The van der Waals surface area contributed by atoms with E-state index in [1.807, 2.05) is 44.2 Å². The van der Waals surface area contributed by atoms with E-state index >= 15 is 0 Å². The lowest BCUT2D eigenvalue weighted by atomic mass is 10.2. The molecule has 2 N–H and O–H groups in total. The smallest absolute Gasteiger partial charge is 0.261 e. The van der Waals surface area contributed by atoms with Gasteiger partial charge in [-0.15, -0.1) is 0 Å². The van der Waals surface area contributed by atoms with Crippen LogP contribution in [0.2, 0.25) is 0 Å². The van der Waals surface area contributed by atoms with Crippen molar-refractivity contribution in [3.63, 3.8) is 0 Å². The van der Waals surface area contributed by atoms with Crippen molar-refractivity contribution >= 4 is 28.9 Å². The first-order chi connectivity index (χ1) is 12.5. The molecule has 0 aliphatic rings. The summed E-state index contributed by atoms with van der Waals surface area (Å²) >= 11 is 5.23. The summed E-state index contributed by atoms with van der Waals surface area (Å²) < 4.78 is 11.2. The van der Waals surface area contributed by atoms with Gasteiger partial charge in [0.15, 0.2) is 5.11 Å². The van der Waals surface area contributed by atoms with Gasteiger partial charge in [-0.1, -0.05) is 19.1 Å². The van der Waals surface area contributed by atoms with Crippen LogP contribution in [-0.2, 0) is 0 Å². The van der Waals surface area contributed by atoms with Crippen molar-refractivity contribution in [3.05, 3.63) is 54.1 Å². The Morgan fingerprint density at radius 3 is 2.46 bits per heavy atom. The number of benzene rings is 2. The summed E-state index contributed by atoms with van der Waals surface area (Å²) in [6, 6.07) is 14.5. The van der Waals surface area contributed by atoms with Crippen LogP contribution in [0.5, 0.6) is 11.5 Å². The molecule has 0 unspecified atom stereocenters. The highest BCUT2D eigenvalue weighted by Gasteiger charge is 2.14. The molecule has 0 aliphatic heterocycles. The lowest BCUT2D eigenvalue weighted by molar-refractivity contribution is 0.0972. The third-order valence-corrected chi connectivity index (χ3v) is 3.51. The average Bonchev–Trinajstić information content (AvgIpc) is 2.61. The van der Waals surface area contributed by atoms with Gasteiger partial charge in [0.2, 0.25) is 0 Å². The molecule has 0 spiro atoms. The SMILES string of the molecule is CCCOc1ccc(NC(=S)NC(=O)c2ccccc2OC(C)C)cc1. The minimum Gasteiger partial charge on any atom is -0.494 e. The minimum absolute atomic E-state index is 0.0255. The Labute approximate surface area is 159 Å². The molecule has 138 valence electrons. The molecule has 2 rings (SSSR count). The molecule has 1 amide bonds. The van der Waals surface area contributed by atoms with Gasteiger partial charge < -0.3 is 14.8 Å². The molecule has 2 aromatic carbocycles. The quantitative estimate of drug-likeness (QED) is 0.706. The zero-order valence-electron chi connectivity index (χ0n) is 15.2. The van der Waals surface area contributed by atoms with Crippen LogP contribution < -0.4 is 20.1 Å². The first-order valence-electron chi connectivity index (χ1n) is 8.60. The summed E-state index contributed by atoms with van der Waals surface area (Å²) in [5, 5.41) is 5.89. The monoisotopic (exact) mass is 372 g/mol. The van der Waals surface area contributed by atoms with Crippen molar-refractivity contribution in [1.82, 2.24) is 5.32 Å². The molecule has 0 radical (unpaired) electrons. The summed E-state index contributed by atoms with van der Waals surface area (Å²) in [5.41, 5.74) is 1.21. The molecule has 0 heterocycles. The van der Waals surface area contributed by atoms with Crippen LogP contribution in [0, 0.1) is 0 Å². The van der Waals surface area contributed by atoms with Crippen LogP contribution in [0.3, 0.4) is 0 Å². The number of hydrogen-bond acceptors (Lipinski definition) is 4. The zero-order chi connectivity index (χ0) is 18.9. The second-order valence-electron chi connectivity index (χ2n) is 5.94. The predicted molar refractivity (Wildman–Crippen MR) is 108 cm³/mol.